The van der Waals surface area contributed by atoms with E-state index in [2.05, 4.69) is 27.2 Å². The Morgan fingerprint density at radius 3 is 3.16 bits per heavy atom. The second-order valence-electron chi connectivity index (χ2n) is 3.69. The first kappa shape index (κ1) is 13.3. The van der Waals surface area contributed by atoms with Crippen LogP contribution >= 0.6 is 11.3 Å². The lowest BCUT2D eigenvalue weighted by Crippen LogP contribution is -2.23. The number of hydrogen-bond donors (Lipinski definition) is 2. The van der Waals surface area contributed by atoms with Crippen LogP contribution in [0.3, 0.4) is 0 Å². The maximum Gasteiger partial charge on any atom is 0.263 e. The molecule has 0 aliphatic rings. The van der Waals surface area contributed by atoms with E-state index in [1.807, 2.05) is 5.38 Å². The van der Waals surface area contributed by atoms with E-state index in [0.717, 1.165) is 0 Å². The van der Waals surface area contributed by atoms with Crippen molar-refractivity contribution in [2.75, 3.05) is 6.54 Å². The van der Waals surface area contributed by atoms with Crippen molar-refractivity contribution < 1.29 is 4.79 Å². The molecule has 0 saturated heterocycles. The van der Waals surface area contributed by atoms with E-state index < -0.39 is 0 Å². The third kappa shape index (κ3) is 3.40. The van der Waals surface area contributed by atoms with Crippen LogP contribution in [0.2, 0.25) is 0 Å². The standard InChI is InChI=1S/C12H13N5OS/c1-17-8-15-10(16-17)7-14-12(18)11-9(3-2-5-13)4-6-19-11/h4,6,8H,5,7,13H2,1H3,(H,14,18). The molecule has 1 amide bonds. The van der Waals surface area contributed by atoms with Crippen LogP contribution in [-0.2, 0) is 13.6 Å². The minimum Gasteiger partial charge on any atom is -0.344 e. The van der Waals surface area contributed by atoms with E-state index in [1.54, 1.807) is 24.1 Å². The van der Waals surface area contributed by atoms with Gasteiger partial charge in [-0.3, -0.25) is 9.48 Å². The summed E-state index contributed by atoms with van der Waals surface area (Å²) < 4.78 is 1.59. The molecule has 0 unspecified atom stereocenters. The summed E-state index contributed by atoms with van der Waals surface area (Å²) in [4.78, 5) is 16.6. The highest BCUT2D eigenvalue weighted by Crippen LogP contribution is 2.15. The molecule has 0 spiro atoms. The van der Waals surface area contributed by atoms with Crippen LogP contribution in [0.15, 0.2) is 17.8 Å². The molecule has 0 bridgehead atoms. The zero-order chi connectivity index (χ0) is 13.7. The molecule has 0 saturated carbocycles. The van der Waals surface area contributed by atoms with E-state index in [0.29, 0.717) is 22.8 Å². The van der Waals surface area contributed by atoms with E-state index in [9.17, 15) is 4.79 Å². The molecule has 0 radical (unpaired) electrons. The van der Waals surface area contributed by atoms with Gasteiger partial charge in [0.1, 0.15) is 11.2 Å². The molecule has 2 rings (SSSR count). The quantitative estimate of drug-likeness (QED) is 0.779. The van der Waals surface area contributed by atoms with Crippen LogP contribution in [0.5, 0.6) is 0 Å². The van der Waals surface area contributed by atoms with Crippen molar-refractivity contribution in [3.63, 3.8) is 0 Å². The summed E-state index contributed by atoms with van der Waals surface area (Å²) in [5.74, 6) is 6.01. The molecule has 2 aromatic rings. The van der Waals surface area contributed by atoms with E-state index in [-0.39, 0.29) is 12.5 Å². The number of carbonyl (C=O) groups is 1. The van der Waals surface area contributed by atoms with E-state index >= 15 is 0 Å². The van der Waals surface area contributed by atoms with Gasteiger partial charge in [-0.25, -0.2) is 4.98 Å². The van der Waals surface area contributed by atoms with Gasteiger partial charge in [0.25, 0.3) is 5.91 Å². The van der Waals surface area contributed by atoms with Crippen LogP contribution < -0.4 is 11.1 Å². The zero-order valence-corrected chi connectivity index (χ0v) is 11.2. The maximum atomic E-state index is 12.0. The van der Waals surface area contributed by atoms with Gasteiger partial charge >= 0.3 is 0 Å². The Labute approximate surface area is 114 Å². The Morgan fingerprint density at radius 1 is 1.63 bits per heavy atom. The number of nitrogens with one attached hydrogen (secondary N) is 1. The molecule has 7 heteroatoms. The first-order valence-electron chi connectivity index (χ1n) is 5.60. The number of rotatable bonds is 3. The largest absolute Gasteiger partial charge is 0.344 e. The number of carbonyl (C=O) groups excluding carboxylic acids is 1. The van der Waals surface area contributed by atoms with Crippen LogP contribution in [0.4, 0.5) is 0 Å². The lowest BCUT2D eigenvalue weighted by Gasteiger charge is -2.00. The molecule has 19 heavy (non-hydrogen) atoms. The second-order valence-corrected chi connectivity index (χ2v) is 4.60. The summed E-state index contributed by atoms with van der Waals surface area (Å²) in [6, 6.07) is 1.81. The Kier molecular flexibility index (Phi) is 4.28. The summed E-state index contributed by atoms with van der Waals surface area (Å²) in [6.45, 7) is 0.566. The normalized spacial score (nSPS) is 9.79. The Hall–Kier alpha value is -2.17. The van der Waals surface area contributed by atoms with Crippen LogP contribution in [0.25, 0.3) is 0 Å². The lowest BCUT2D eigenvalue weighted by atomic mass is 10.2. The number of aryl methyl sites for hydroxylation is 1. The molecule has 0 aliphatic heterocycles. The zero-order valence-electron chi connectivity index (χ0n) is 10.4. The highest BCUT2D eigenvalue weighted by molar-refractivity contribution is 7.12. The van der Waals surface area contributed by atoms with Crippen molar-refractivity contribution in [2.24, 2.45) is 12.8 Å². The summed E-state index contributed by atoms with van der Waals surface area (Å²) >= 11 is 1.35. The fourth-order valence-electron chi connectivity index (χ4n) is 1.43. The topological polar surface area (TPSA) is 85.8 Å². The smallest absolute Gasteiger partial charge is 0.263 e. The molecule has 0 aromatic carbocycles. The van der Waals surface area contributed by atoms with E-state index in [1.165, 1.54) is 11.3 Å². The van der Waals surface area contributed by atoms with Crippen molar-refractivity contribution in [3.05, 3.63) is 34.0 Å². The first-order valence-corrected chi connectivity index (χ1v) is 6.48. The number of thiophene rings is 1. The SMILES string of the molecule is Cn1cnc(CNC(=O)c2sccc2C#CCN)n1. The number of hydrogen-bond acceptors (Lipinski definition) is 5. The fraction of sp³-hybridized carbons (Fsp3) is 0.250. The predicted octanol–water partition coefficient (Wildman–Crippen LogP) is 0.117. The molecule has 2 aromatic heterocycles. The van der Waals surface area contributed by atoms with Gasteiger partial charge in [0.15, 0.2) is 5.82 Å². The summed E-state index contributed by atoms with van der Waals surface area (Å²) in [5.41, 5.74) is 6.01. The second kappa shape index (κ2) is 6.13. The first-order chi connectivity index (χ1) is 9.20. The van der Waals surface area contributed by atoms with Crippen molar-refractivity contribution in [1.29, 1.82) is 0 Å². The molecule has 6 nitrogen and oxygen atoms in total. The van der Waals surface area contributed by atoms with Crippen LogP contribution in [0, 0.1) is 11.8 Å². The third-order valence-electron chi connectivity index (χ3n) is 2.25. The van der Waals surface area contributed by atoms with Crippen molar-refractivity contribution in [1.82, 2.24) is 20.1 Å². The van der Waals surface area contributed by atoms with Crippen molar-refractivity contribution in [2.45, 2.75) is 6.54 Å². The average molecular weight is 275 g/mol. The van der Waals surface area contributed by atoms with Gasteiger partial charge in [0.2, 0.25) is 0 Å². The minimum absolute atomic E-state index is 0.177. The number of nitrogens with zero attached hydrogens (tertiary/aromatic N) is 3. The molecule has 2 heterocycles. The van der Waals surface area contributed by atoms with Gasteiger partial charge in [-0.05, 0) is 11.4 Å². The lowest BCUT2D eigenvalue weighted by molar-refractivity contribution is 0.0953. The minimum atomic E-state index is -0.177. The number of amides is 1. The average Bonchev–Trinajstić information content (AvgIpc) is 3.02. The van der Waals surface area contributed by atoms with Gasteiger partial charge < -0.3 is 11.1 Å². The summed E-state index contributed by atoms with van der Waals surface area (Å²) in [7, 11) is 1.78. The van der Waals surface area contributed by atoms with Crippen molar-refractivity contribution >= 4 is 17.2 Å². The van der Waals surface area contributed by atoms with Gasteiger partial charge in [0, 0.05) is 12.6 Å². The highest BCUT2D eigenvalue weighted by atomic mass is 32.1. The van der Waals surface area contributed by atoms with Gasteiger partial charge in [-0.2, -0.15) is 5.10 Å². The summed E-state index contributed by atoms with van der Waals surface area (Å²) in [6.07, 6.45) is 1.59. The Bertz CT molecular complexity index is 634. The number of aromatic nitrogens is 3. The van der Waals surface area contributed by atoms with Gasteiger partial charge in [-0.15, -0.1) is 11.3 Å². The monoisotopic (exact) mass is 275 g/mol. The fourth-order valence-corrected chi connectivity index (χ4v) is 2.20. The molecule has 98 valence electrons. The Morgan fingerprint density at radius 2 is 2.47 bits per heavy atom. The van der Waals surface area contributed by atoms with E-state index in [4.69, 9.17) is 5.73 Å². The molecular weight excluding hydrogens is 262 g/mol. The van der Waals surface area contributed by atoms with Gasteiger partial charge in [0.05, 0.1) is 13.1 Å². The number of nitrogens with two attached hydrogens (primary N) is 1. The van der Waals surface area contributed by atoms with Crippen LogP contribution in [-0.4, -0.2) is 27.2 Å². The highest BCUT2D eigenvalue weighted by Gasteiger charge is 2.12. The maximum absolute atomic E-state index is 12.0. The molecule has 0 atom stereocenters. The van der Waals surface area contributed by atoms with Gasteiger partial charge in [-0.1, -0.05) is 11.8 Å². The molecule has 3 N–H and O–H groups in total. The predicted molar refractivity (Wildman–Crippen MR) is 72.4 cm³/mol. The molecular formula is C12H13N5OS. The van der Waals surface area contributed by atoms with Crippen molar-refractivity contribution in [3.8, 4) is 11.8 Å². The summed E-state index contributed by atoms with van der Waals surface area (Å²) in [5, 5.41) is 8.68. The molecule has 0 fully saturated rings. The third-order valence-corrected chi connectivity index (χ3v) is 3.16. The van der Waals surface area contributed by atoms with Crippen LogP contribution in [0.1, 0.15) is 21.1 Å². The molecule has 0 aliphatic carbocycles. The Balaban J connectivity index is 2.02.